The van der Waals surface area contributed by atoms with E-state index in [4.69, 9.17) is 18.9 Å². The number of hydrogen-bond donors (Lipinski definition) is 0. The molecule has 2 fully saturated rings. The van der Waals surface area contributed by atoms with Crippen LogP contribution >= 0.6 is 0 Å². The van der Waals surface area contributed by atoms with E-state index in [-0.39, 0.29) is 30.8 Å². The molecule has 1 heterocycles. The predicted octanol–water partition coefficient (Wildman–Crippen LogP) is 6.15. The molecule has 1 amide bonds. The lowest BCUT2D eigenvalue weighted by molar-refractivity contribution is -0.0289. The lowest BCUT2D eigenvalue weighted by atomic mass is 9.88. The van der Waals surface area contributed by atoms with Gasteiger partial charge in [-0.15, -0.1) is 0 Å². The molecule has 37 heavy (non-hydrogen) atoms. The number of rotatable bonds is 11. The van der Waals surface area contributed by atoms with Gasteiger partial charge in [0.25, 0.3) is 0 Å². The maximum absolute atomic E-state index is 14.3. The summed E-state index contributed by atoms with van der Waals surface area (Å²) in [4.78, 5) is 16.7. The minimum atomic E-state index is -1.19. The van der Waals surface area contributed by atoms with Crippen molar-refractivity contribution in [1.82, 2.24) is 4.90 Å². The fraction of sp³-hybridized carbons (Fsp3) is 0.750. The monoisotopic (exact) mass is 538 g/mol. The van der Waals surface area contributed by atoms with Gasteiger partial charge in [-0.25, -0.2) is 9.18 Å². The Morgan fingerprint density at radius 2 is 1.76 bits per heavy atom. The smallest absolute Gasteiger partial charge is 0.410 e. The third-order valence-electron chi connectivity index (χ3n) is 7.02. The van der Waals surface area contributed by atoms with E-state index >= 15 is 0 Å². The highest BCUT2D eigenvalue weighted by Gasteiger charge is 2.34. The highest BCUT2D eigenvalue weighted by molar-refractivity contribution is 6.76. The fourth-order valence-electron chi connectivity index (χ4n) is 4.74. The van der Waals surface area contributed by atoms with Gasteiger partial charge < -0.3 is 28.7 Å². The summed E-state index contributed by atoms with van der Waals surface area (Å²) in [6, 6.07) is 6.25. The quantitative estimate of drug-likeness (QED) is 0.191. The Labute approximate surface area is 223 Å². The molecule has 210 valence electrons. The van der Waals surface area contributed by atoms with Gasteiger partial charge in [-0.05, 0) is 64.6 Å². The van der Waals surface area contributed by atoms with Crippen LogP contribution in [0.4, 0.5) is 14.9 Å². The van der Waals surface area contributed by atoms with Gasteiger partial charge in [-0.2, -0.15) is 0 Å². The molecule has 0 unspecified atom stereocenters. The molecule has 9 heteroatoms. The van der Waals surface area contributed by atoms with Gasteiger partial charge in [0.05, 0.1) is 18.9 Å². The lowest BCUT2D eigenvalue weighted by Crippen LogP contribution is -2.49. The summed E-state index contributed by atoms with van der Waals surface area (Å²) in [5.41, 5.74) is 0.382. The summed E-state index contributed by atoms with van der Waals surface area (Å²) < 4.78 is 37.0. The zero-order valence-corrected chi connectivity index (χ0v) is 24.8. The van der Waals surface area contributed by atoms with E-state index in [2.05, 4.69) is 24.5 Å². The summed E-state index contributed by atoms with van der Waals surface area (Å²) in [6.45, 7) is 15.7. The number of amides is 1. The molecule has 3 rings (SSSR count). The van der Waals surface area contributed by atoms with Crippen LogP contribution in [0.3, 0.4) is 0 Å². The van der Waals surface area contributed by atoms with Crippen LogP contribution in [0.2, 0.25) is 25.7 Å². The second-order valence-corrected chi connectivity index (χ2v) is 18.3. The molecule has 1 aromatic carbocycles. The fourth-order valence-corrected chi connectivity index (χ4v) is 5.49. The summed E-state index contributed by atoms with van der Waals surface area (Å²) in [6.07, 6.45) is 3.34. The van der Waals surface area contributed by atoms with Crippen LogP contribution < -0.4 is 9.64 Å². The molecule has 0 spiro atoms. The summed E-state index contributed by atoms with van der Waals surface area (Å²) >= 11 is 0. The van der Waals surface area contributed by atoms with E-state index in [0.29, 0.717) is 18.3 Å². The van der Waals surface area contributed by atoms with Crippen molar-refractivity contribution in [3.05, 3.63) is 24.0 Å². The molecule has 0 atom stereocenters. The zero-order valence-electron chi connectivity index (χ0n) is 23.8. The number of carbonyl (C=O) groups excluding carboxylic acids is 1. The van der Waals surface area contributed by atoms with Gasteiger partial charge in [0, 0.05) is 52.3 Å². The molecule has 0 radical (unpaired) electrons. The van der Waals surface area contributed by atoms with Crippen LogP contribution in [0.15, 0.2) is 18.2 Å². The largest absolute Gasteiger partial charge is 0.465 e. The molecule has 0 bridgehead atoms. The van der Waals surface area contributed by atoms with Crippen LogP contribution in [0.5, 0.6) is 5.75 Å². The van der Waals surface area contributed by atoms with Crippen molar-refractivity contribution in [2.24, 2.45) is 5.92 Å². The maximum atomic E-state index is 14.3. The number of nitrogens with zero attached hydrogens (tertiary/aromatic N) is 2. The summed E-state index contributed by atoms with van der Waals surface area (Å²) in [5, 5.41) is 0. The molecular formula is C28H47FN2O5Si. The first-order valence-electron chi connectivity index (χ1n) is 13.6. The first-order valence-corrected chi connectivity index (χ1v) is 17.3. The van der Waals surface area contributed by atoms with Crippen LogP contribution in [0, 0.1) is 11.7 Å². The highest BCUT2D eigenvalue weighted by Crippen LogP contribution is 2.37. The first kappa shape index (κ1) is 29.7. The Morgan fingerprint density at radius 1 is 1.11 bits per heavy atom. The van der Waals surface area contributed by atoms with E-state index in [0.717, 1.165) is 57.2 Å². The van der Waals surface area contributed by atoms with Crippen LogP contribution in [0.1, 0.15) is 46.5 Å². The van der Waals surface area contributed by atoms with Crippen molar-refractivity contribution in [1.29, 1.82) is 0 Å². The SMILES string of the molecule is CN(C(=O)OC(C)(C)C)C1CCC(N(CC2COC2)c2ccc(F)cc2OCOCC[Si](C)(C)C)CC1. The average Bonchev–Trinajstić information content (AvgIpc) is 2.77. The Kier molecular flexibility index (Phi) is 10.3. The molecule has 1 aromatic rings. The molecular weight excluding hydrogens is 491 g/mol. The Bertz CT molecular complexity index is 876. The molecule has 1 aliphatic heterocycles. The van der Waals surface area contributed by atoms with Gasteiger partial charge in [-0.1, -0.05) is 19.6 Å². The van der Waals surface area contributed by atoms with E-state index in [9.17, 15) is 9.18 Å². The highest BCUT2D eigenvalue weighted by atomic mass is 28.3. The molecule has 2 aliphatic rings. The molecule has 1 aliphatic carbocycles. The molecule has 7 nitrogen and oxygen atoms in total. The topological polar surface area (TPSA) is 60.5 Å². The van der Waals surface area contributed by atoms with E-state index in [1.165, 1.54) is 12.1 Å². The van der Waals surface area contributed by atoms with Gasteiger partial charge >= 0.3 is 6.09 Å². The third-order valence-corrected chi connectivity index (χ3v) is 8.73. The summed E-state index contributed by atoms with van der Waals surface area (Å²) in [7, 11) is 0.641. The number of anilines is 1. The number of carbonyl (C=O) groups is 1. The number of benzene rings is 1. The molecule has 1 saturated heterocycles. The van der Waals surface area contributed by atoms with Gasteiger partial charge in [0.2, 0.25) is 0 Å². The Hall–Kier alpha value is -1.84. The van der Waals surface area contributed by atoms with Crippen molar-refractivity contribution in [3.8, 4) is 5.75 Å². The third kappa shape index (κ3) is 9.44. The second kappa shape index (κ2) is 12.8. The first-order chi connectivity index (χ1) is 17.3. The normalized spacial score (nSPS) is 20.8. The molecule has 0 aromatic heterocycles. The zero-order chi connectivity index (χ0) is 27.2. The van der Waals surface area contributed by atoms with E-state index in [1.54, 1.807) is 4.90 Å². The van der Waals surface area contributed by atoms with E-state index in [1.807, 2.05) is 33.9 Å². The number of hydrogen-bond acceptors (Lipinski definition) is 6. The predicted molar refractivity (Wildman–Crippen MR) is 148 cm³/mol. The second-order valence-electron chi connectivity index (χ2n) is 12.7. The number of halogens is 1. The average molecular weight is 539 g/mol. The van der Waals surface area contributed by atoms with Gasteiger partial charge in [0.15, 0.2) is 6.79 Å². The standard InChI is InChI=1S/C28H47FN2O5Si/c1-28(2,3)36-27(32)30(4)23-9-11-24(12-10-23)31(17-21-18-34-19-21)25-13-8-22(29)16-26(25)35-20-33-14-15-37(5,6)7/h8,13,16,21,23-24H,9-12,14-15,17-20H2,1-7H3. The minimum absolute atomic E-state index is 0.106. The summed E-state index contributed by atoms with van der Waals surface area (Å²) in [5.74, 6) is 0.629. The lowest BCUT2D eigenvalue weighted by Gasteiger charge is -2.43. The van der Waals surface area contributed by atoms with Crippen molar-refractivity contribution < 1.29 is 28.1 Å². The minimum Gasteiger partial charge on any atom is -0.465 e. The Balaban J connectivity index is 1.67. The van der Waals surface area contributed by atoms with Crippen LogP contribution in [-0.4, -0.2) is 77.0 Å². The van der Waals surface area contributed by atoms with Gasteiger partial charge in [-0.3, -0.25) is 0 Å². The van der Waals surface area contributed by atoms with E-state index < -0.39 is 13.7 Å². The molecule has 0 N–H and O–H groups in total. The van der Waals surface area contributed by atoms with Crippen molar-refractivity contribution in [2.45, 2.75) is 89.8 Å². The Morgan fingerprint density at radius 3 is 2.32 bits per heavy atom. The van der Waals surface area contributed by atoms with Crippen molar-refractivity contribution >= 4 is 19.9 Å². The van der Waals surface area contributed by atoms with Crippen molar-refractivity contribution in [2.75, 3.05) is 45.1 Å². The molecule has 1 saturated carbocycles. The van der Waals surface area contributed by atoms with Crippen LogP contribution in [0.25, 0.3) is 0 Å². The number of ether oxygens (including phenoxy) is 4. The maximum Gasteiger partial charge on any atom is 0.410 e. The van der Waals surface area contributed by atoms with Crippen molar-refractivity contribution in [3.63, 3.8) is 0 Å². The van der Waals surface area contributed by atoms with Gasteiger partial charge in [0.1, 0.15) is 17.2 Å². The van der Waals surface area contributed by atoms with Crippen LogP contribution in [-0.2, 0) is 14.2 Å².